The molecule has 0 heterocycles. The predicted octanol–water partition coefficient (Wildman–Crippen LogP) is 8.73. The van der Waals surface area contributed by atoms with Gasteiger partial charge in [-0.1, -0.05) is 55.5 Å². The van der Waals surface area contributed by atoms with E-state index in [0.29, 0.717) is 0 Å². The molecular weight excluding hydrogens is 586 g/mol. The Morgan fingerprint density at radius 2 is 0.977 bits per heavy atom. The molecule has 4 nitrogen and oxygen atoms in total. The second kappa shape index (κ2) is 11.8. The van der Waals surface area contributed by atoms with Crippen molar-refractivity contribution in [3.63, 3.8) is 0 Å². The fraction of sp³-hybridized carbons (Fsp3) is 0.235. The SMILES string of the molecule is Cc1ccccc1C1c2ccccc2C(C)C(OC(=O)c2ccc(C(F)(F)F)cc2)C1OC(=O)c1ccc(C(F)(F)F)cc1. The average molecular weight is 613 g/mol. The van der Waals surface area contributed by atoms with E-state index in [1.165, 1.54) is 0 Å². The van der Waals surface area contributed by atoms with E-state index < -0.39 is 59.5 Å². The van der Waals surface area contributed by atoms with Gasteiger partial charge in [0.2, 0.25) is 0 Å². The second-order valence-electron chi connectivity index (χ2n) is 10.6. The van der Waals surface area contributed by atoms with E-state index in [2.05, 4.69) is 0 Å². The lowest BCUT2D eigenvalue weighted by Crippen LogP contribution is -2.46. The third-order valence-corrected chi connectivity index (χ3v) is 7.87. The lowest BCUT2D eigenvalue weighted by molar-refractivity contribution is -0.138. The van der Waals surface area contributed by atoms with Crippen molar-refractivity contribution < 1.29 is 45.4 Å². The molecule has 0 bridgehead atoms. The zero-order valence-electron chi connectivity index (χ0n) is 23.4. The molecule has 4 aromatic carbocycles. The number of carbonyl (C=O) groups excluding carboxylic acids is 2. The Hall–Kier alpha value is -4.60. The molecule has 0 aliphatic heterocycles. The van der Waals surface area contributed by atoms with E-state index >= 15 is 0 Å². The lowest BCUT2D eigenvalue weighted by Gasteiger charge is -2.42. The first-order chi connectivity index (χ1) is 20.8. The van der Waals surface area contributed by atoms with E-state index in [9.17, 15) is 35.9 Å². The van der Waals surface area contributed by atoms with Crippen LogP contribution in [0, 0.1) is 6.92 Å². The molecule has 4 aromatic rings. The summed E-state index contributed by atoms with van der Waals surface area (Å²) in [5.41, 5.74) is 1.10. The van der Waals surface area contributed by atoms with Gasteiger partial charge in [0, 0.05) is 5.92 Å². The third kappa shape index (κ3) is 6.20. The summed E-state index contributed by atoms with van der Waals surface area (Å²) in [6.45, 7) is 3.64. The molecule has 10 heteroatoms. The van der Waals surface area contributed by atoms with Crippen molar-refractivity contribution in [1.29, 1.82) is 0 Å². The molecule has 0 spiro atoms. The van der Waals surface area contributed by atoms with Crippen molar-refractivity contribution in [2.24, 2.45) is 0 Å². The topological polar surface area (TPSA) is 52.6 Å². The minimum atomic E-state index is -4.60. The Morgan fingerprint density at radius 3 is 1.43 bits per heavy atom. The van der Waals surface area contributed by atoms with Crippen LogP contribution < -0.4 is 0 Å². The Bertz CT molecular complexity index is 1660. The van der Waals surface area contributed by atoms with Gasteiger partial charge in [-0.2, -0.15) is 26.3 Å². The zero-order chi connectivity index (χ0) is 31.8. The van der Waals surface area contributed by atoms with Gasteiger partial charge in [0.1, 0.15) is 6.10 Å². The van der Waals surface area contributed by atoms with E-state index in [1.807, 2.05) is 49.4 Å². The number of aryl methyl sites for hydroxylation is 1. The molecular formula is C34H26F6O4. The van der Waals surface area contributed by atoms with Gasteiger partial charge >= 0.3 is 24.3 Å². The van der Waals surface area contributed by atoms with Gasteiger partial charge in [-0.3, -0.25) is 0 Å². The van der Waals surface area contributed by atoms with Crippen LogP contribution >= 0.6 is 0 Å². The number of carbonyl (C=O) groups is 2. The molecule has 0 saturated heterocycles. The maximum atomic E-state index is 13.4. The van der Waals surface area contributed by atoms with Crippen LogP contribution in [-0.2, 0) is 21.8 Å². The minimum absolute atomic E-state index is 0.135. The van der Waals surface area contributed by atoms with Crippen molar-refractivity contribution in [2.75, 3.05) is 0 Å². The molecule has 5 rings (SSSR count). The molecule has 4 unspecified atom stereocenters. The maximum absolute atomic E-state index is 13.4. The van der Waals surface area contributed by atoms with E-state index in [0.717, 1.165) is 70.8 Å². The summed E-state index contributed by atoms with van der Waals surface area (Å²) in [6, 6.07) is 21.9. The number of fused-ring (bicyclic) bond motifs is 1. The summed E-state index contributed by atoms with van der Waals surface area (Å²) in [4.78, 5) is 26.8. The fourth-order valence-electron chi connectivity index (χ4n) is 5.60. The highest BCUT2D eigenvalue weighted by atomic mass is 19.4. The summed E-state index contributed by atoms with van der Waals surface area (Å²) >= 11 is 0. The molecule has 0 aromatic heterocycles. The molecule has 0 saturated carbocycles. The summed E-state index contributed by atoms with van der Waals surface area (Å²) in [7, 11) is 0. The number of esters is 2. The molecule has 1 aliphatic rings. The van der Waals surface area contributed by atoms with Crippen LogP contribution in [0.4, 0.5) is 26.3 Å². The van der Waals surface area contributed by atoms with Crippen LogP contribution in [0.5, 0.6) is 0 Å². The van der Waals surface area contributed by atoms with Crippen LogP contribution in [0.25, 0.3) is 0 Å². The Balaban J connectivity index is 1.56. The van der Waals surface area contributed by atoms with Crippen molar-refractivity contribution in [2.45, 2.75) is 50.2 Å². The van der Waals surface area contributed by atoms with E-state index in [1.54, 1.807) is 13.0 Å². The second-order valence-corrected chi connectivity index (χ2v) is 10.6. The van der Waals surface area contributed by atoms with E-state index in [4.69, 9.17) is 9.47 Å². The fourth-order valence-corrected chi connectivity index (χ4v) is 5.60. The molecule has 0 amide bonds. The Labute approximate surface area is 249 Å². The Morgan fingerprint density at radius 1 is 0.568 bits per heavy atom. The lowest BCUT2D eigenvalue weighted by atomic mass is 9.70. The van der Waals surface area contributed by atoms with Gasteiger partial charge in [-0.25, -0.2) is 9.59 Å². The normalized spacial score (nSPS) is 20.0. The highest BCUT2D eigenvalue weighted by Crippen LogP contribution is 2.46. The average Bonchev–Trinajstić information content (AvgIpc) is 2.99. The van der Waals surface area contributed by atoms with Crippen LogP contribution in [0.3, 0.4) is 0 Å². The standard InChI is InChI=1S/C34H26F6O4/c1-19-7-3-4-8-25(19)28-27-10-6-5-9-26(27)20(2)29(43-31(41)21-11-15-23(16-12-21)33(35,36)37)30(28)44-32(42)22-13-17-24(18-14-22)34(38,39)40/h3-18,20,28-30H,1-2H3. The number of ether oxygens (including phenoxy) is 2. The molecule has 4 atom stereocenters. The number of hydrogen-bond acceptors (Lipinski definition) is 4. The van der Waals surface area contributed by atoms with Gasteiger partial charge < -0.3 is 9.47 Å². The first-order valence-electron chi connectivity index (χ1n) is 13.7. The number of alkyl halides is 6. The molecule has 0 fully saturated rings. The van der Waals surface area contributed by atoms with Crippen LogP contribution in [-0.4, -0.2) is 24.1 Å². The molecule has 228 valence electrons. The van der Waals surface area contributed by atoms with Crippen molar-refractivity contribution in [3.05, 3.63) is 142 Å². The number of rotatable bonds is 5. The molecule has 0 radical (unpaired) electrons. The minimum Gasteiger partial charge on any atom is -0.454 e. The van der Waals surface area contributed by atoms with Crippen LogP contribution in [0.1, 0.15) is 72.9 Å². The summed E-state index contributed by atoms with van der Waals surface area (Å²) < 4.78 is 90.6. The van der Waals surface area contributed by atoms with Gasteiger partial charge in [-0.15, -0.1) is 0 Å². The van der Waals surface area contributed by atoms with Crippen molar-refractivity contribution in [1.82, 2.24) is 0 Å². The predicted molar refractivity (Wildman–Crippen MR) is 149 cm³/mol. The van der Waals surface area contributed by atoms with Crippen molar-refractivity contribution in [3.8, 4) is 0 Å². The molecule has 0 N–H and O–H groups in total. The third-order valence-electron chi connectivity index (χ3n) is 7.87. The van der Waals surface area contributed by atoms with Crippen molar-refractivity contribution >= 4 is 11.9 Å². The highest BCUT2D eigenvalue weighted by Gasteiger charge is 2.47. The summed E-state index contributed by atoms with van der Waals surface area (Å²) in [6.07, 6.45) is -11.4. The molecule has 44 heavy (non-hydrogen) atoms. The molecule has 1 aliphatic carbocycles. The number of halogens is 6. The first-order valence-corrected chi connectivity index (χ1v) is 13.7. The van der Waals surface area contributed by atoms with Gasteiger partial charge in [-0.05, 0) is 77.7 Å². The highest BCUT2D eigenvalue weighted by molar-refractivity contribution is 5.90. The first kappa shape index (κ1) is 30.8. The monoisotopic (exact) mass is 612 g/mol. The number of hydrogen-bond donors (Lipinski definition) is 0. The van der Waals surface area contributed by atoms with Gasteiger partial charge in [0.25, 0.3) is 0 Å². The maximum Gasteiger partial charge on any atom is 0.416 e. The van der Waals surface area contributed by atoms with Crippen LogP contribution in [0.15, 0.2) is 97.1 Å². The Kier molecular flexibility index (Phi) is 8.29. The zero-order valence-corrected chi connectivity index (χ0v) is 23.4. The number of benzene rings is 4. The summed E-state index contributed by atoms with van der Waals surface area (Å²) in [5, 5.41) is 0. The van der Waals surface area contributed by atoms with Gasteiger partial charge in [0.15, 0.2) is 6.10 Å². The summed E-state index contributed by atoms with van der Waals surface area (Å²) in [5.74, 6) is -3.03. The van der Waals surface area contributed by atoms with E-state index in [-0.39, 0.29) is 11.1 Å². The quantitative estimate of drug-likeness (QED) is 0.167. The van der Waals surface area contributed by atoms with Crippen LogP contribution in [0.2, 0.25) is 0 Å². The largest absolute Gasteiger partial charge is 0.454 e. The smallest absolute Gasteiger partial charge is 0.416 e. The van der Waals surface area contributed by atoms with Gasteiger partial charge in [0.05, 0.1) is 28.2 Å².